The second kappa shape index (κ2) is 7.19. The minimum atomic E-state index is 0.311. The highest BCUT2D eigenvalue weighted by Gasteiger charge is 2.30. The summed E-state index contributed by atoms with van der Waals surface area (Å²) in [5, 5.41) is 7.75. The van der Waals surface area contributed by atoms with Crippen molar-refractivity contribution < 1.29 is 9.32 Å². The molecule has 0 aromatic carbocycles. The van der Waals surface area contributed by atoms with Crippen molar-refractivity contribution >= 4 is 5.91 Å². The van der Waals surface area contributed by atoms with Crippen LogP contribution in [0.2, 0.25) is 0 Å². The molecule has 0 radical (unpaired) electrons. The van der Waals surface area contributed by atoms with Crippen molar-refractivity contribution in [1.82, 2.24) is 25.3 Å². The minimum absolute atomic E-state index is 0.311. The number of hydrogen-bond acceptors (Lipinski definition) is 6. The SMILES string of the molecule is O=C1CCCN1CCN[C@H]1CCCN(Cc2noc(C3CC3)n2)C1. The smallest absolute Gasteiger partial charge is 0.229 e. The Hall–Kier alpha value is -1.47. The third kappa shape index (κ3) is 3.95. The Balaban J connectivity index is 1.20. The van der Waals surface area contributed by atoms with Crippen LogP contribution in [0.15, 0.2) is 4.52 Å². The van der Waals surface area contributed by atoms with Gasteiger partial charge in [0, 0.05) is 44.6 Å². The molecule has 3 heterocycles. The molecule has 1 N–H and O–H groups in total. The van der Waals surface area contributed by atoms with E-state index in [4.69, 9.17) is 4.52 Å². The molecule has 7 heteroatoms. The topological polar surface area (TPSA) is 74.5 Å². The summed E-state index contributed by atoms with van der Waals surface area (Å²) >= 11 is 0. The molecule has 24 heavy (non-hydrogen) atoms. The van der Waals surface area contributed by atoms with Gasteiger partial charge in [0.1, 0.15) is 0 Å². The van der Waals surface area contributed by atoms with E-state index in [0.717, 1.165) is 63.8 Å². The number of nitrogens with zero attached hydrogens (tertiary/aromatic N) is 4. The van der Waals surface area contributed by atoms with E-state index in [-0.39, 0.29) is 0 Å². The number of carbonyl (C=O) groups excluding carboxylic acids is 1. The maximum atomic E-state index is 11.6. The Morgan fingerprint density at radius 2 is 2.12 bits per heavy atom. The van der Waals surface area contributed by atoms with E-state index < -0.39 is 0 Å². The zero-order valence-corrected chi connectivity index (χ0v) is 14.2. The van der Waals surface area contributed by atoms with E-state index in [9.17, 15) is 4.79 Å². The number of nitrogens with one attached hydrogen (secondary N) is 1. The third-order valence-electron chi connectivity index (χ3n) is 5.27. The number of rotatable bonds is 7. The van der Waals surface area contributed by atoms with Gasteiger partial charge in [0.05, 0.1) is 6.54 Å². The molecule has 2 aliphatic heterocycles. The van der Waals surface area contributed by atoms with Crippen LogP contribution in [0.5, 0.6) is 0 Å². The van der Waals surface area contributed by atoms with Gasteiger partial charge in [-0.1, -0.05) is 5.16 Å². The summed E-state index contributed by atoms with van der Waals surface area (Å²) < 4.78 is 5.35. The molecule has 3 fully saturated rings. The van der Waals surface area contributed by atoms with Gasteiger partial charge < -0.3 is 14.7 Å². The summed E-state index contributed by atoms with van der Waals surface area (Å²) in [6.07, 6.45) is 6.51. The number of piperidine rings is 1. The number of likely N-dealkylation sites (tertiary alicyclic amines) is 2. The first-order valence-corrected chi connectivity index (χ1v) is 9.34. The number of hydrogen-bond donors (Lipinski definition) is 1. The number of aromatic nitrogens is 2. The summed E-state index contributed by atoms with van der Waals surface area (Å²) in [6.45, 7) is 5.54. The van der Waals surface area contributed by atoms with Crippen molar-refractivity contribution in [1.29, 1.82) is 0 Å². The van der Waals surface area contributed by atoms with Gasteiger partial charge in [0.2, 0.25) is 11.8 Å². The molecule has 0 spiro atoms. The first-order chi connectivity index (χ1) is 11.8. The van der Waals surface area contributed by atoms with Crippen LogP contribution in [0.1, 0.15) is 56.2 Å². The monoisotopic (exact) mass is 333 g/mol. The van der Waals surface area contributed by atoms with E-state index in [1.54, 1.807) is 0 Å². The summed E-state index contributed by atoms with van der Waals surface area (Å²) in [6, 6.07) is 0.492. The molecular formula is C17H27N5O2. The predicted molar refractivity (Wildman–Crippen MR) is 88.4 cm³/mol. The molecule has 0 bridgehead atoms. The molecule has 132 valence electrons. The first-order valence-electron chi connectivity index (χ1n) is 9.34. The molecule has 2 saturated heterocycles. The lowest BCUT2D eigenvalue weighted by Crippen LogP contribution is -2.47. The van der Waals surface area contributed by atoms with Crippen molar-refractivity contribution in [3.05, 3.63) is 11.7 Å². The maximum absolute atomic E-state index is 11.6. The standard InChI is InChI=1S/C17H27N5O2/c23-16-4-2-9-22(16)10-7-18-14-3-1-8-21(11-14)12-15-19-17(24-20-15)13-5-6-13/h13-14,18H,1-12H2/t14-/m0/s1. The molecular weight excluding hydrogens is 306 g/mol. The normalized spacial score (nSPS) is 25.6. The van der Waals surface area contributed by atoms with Crippen molar-refractivity contribution in [2.75, 3.05) is 32.7 Å². The fraction of sp³-hybridized carbons (Fsp3) is 0.824. The summed E-state index contributed by atoms with van der Waals surface area (Å²) in [5.74, 6) is 2.48. The molecule has 4 rings (SSSR count). The zero-order chi connectivity index (χ0) is 16.4. The van der Waals surface area contributed by atoms with E-state index in [2.05, 4.69) is 20.4 Å². The summed E-state index contributed by atoms with van der Waals surface area (Å²) in [5.41, 5.74) is 0. The van der Waals surface area contributed by atoms with Gasteiger partial charge in [-0.15, -0.1) is 0 Å². The van der Waals surface area contributed by atoms with Gasteiger partial charge in [0.15, 0.2) is 5.82 Å². The second-order valence-electron chi connectivity index (χ2n) is 7.34. The van der Waals surface area contributed by atoms with Crippen LogP contribution >= 0.6 is 0 Å². The van der Waals surface area contributed by atoms with Crippen LogP contribution < -0.4 is 5.32 Å². The largest absolute Gasteiger partial charge is 0.341 e. The lowest BCUT2D eigenvalue weighted by Gasteiger charge is -2.32. The van der Waals surface area contributed by atoms with Crippen LogP contribution in [0.4, 0.5) is 0 Å². The predicted octanol–water partition coefficient (Wildman–Crippen LogP) is 1.12. The van der Waals surface area contributed by atoms with Crippen molar-refractivity contribution in [2.24, 2.45) is 0 Å². The molecule has 1 amide bonds. The molecule has 1 atom stereocenters. The Kier molecular flexibility index (Phi) is 4.80. The Morgan fingerprint density at radius 1 is 1.21 bits per heavy atom. The van der Waals surface area contributed by atoms with E-state index >= 15 is 0 Å². The molecule has 3 aliphatic rings. The fourth-order valence-electron chi connectivity index (χ4n) is 3.74. The maximum Gasteiger partial charge on any atom is 0.229 e. The summed E-state index contributed by atoms with van der Waals surface area (Å²) in [7, 11) is 0. The van der Waals surface area contributed by atoms with Gasteiger partial charge in [-0.05, 0) is 38.6 Å². The van der Waals surface area contributed by atoms with Crippen molar-refractivity contribution in [3.63, 3.8) is 0 Å². The number of amides is 1. The van der Waals surface area contributed by atoms with Gasteiger partial charge >= 0.3 is 0 Å². The van der Waals surface area contributed by atoms with Gasteiger partial charge in [-0.25, -0.2) is 0 Å². The van der Waals surface area contributed by atoms with Gasteiger partial charge in [-0.2, -0.15) is 4.98 Å². The fourth-order valence-corrected chi connectivity index (χ4v) is 3.74. The highest BCUT2D eigenvalue weighted by Crippen LogP contribution is 2.38. The van der Waals surface area contributed by atoms with E-state index in [0.29, 0.717) is 17.9 Å². The van der Waals surface area contributed by atoms with Crippen LogP contribution in [0.25, 0.3) is 0 Å². The molecule has 1 aliphatic carbocycles. The lowest BCUT2D eigenvalue weighted by molar-refractivity contribution is -0.127. The first kappa shape index (κ1) is 16.0. The third-order valence-corrected chi connectivity index (χ3v) is 5.27. The van der Waals surface area contributed by atoms with Crippen LogP contribution in [0.3, 0.4) is 0 Å². The average molecular weight is 333 g/mol. The second-order valence-corrected chi connectivity index (χ2v) is 7.34. The summed E-state index contributed by atoms with van der Waals surface area (Å²) in [4.78, 5) is 20.5. The Morgan fingerprint density at radius 3 is 2.92 bits per heavy atom. The van der Waals surface area contributed by atoms with E-state index in [1.807, 2.05) is 4.90 Å². The molecule has 1 aromatic rings. The van der Waals surface area contributed by atoms with Crippen LogP contribution in [0, 0.1) is 0 Å². The van der Waals surface area contributed by atoms with Gasteiger partial charge in [0.25, 0.3) is 0 Å². The Labute approximate surface area is 142 Å². The minimum Gasteiger partial charge on any atom is -0.341 e. The average Bonchev–Trinajstić information content (AvgIpc) is 3.20. The number of carbonyl (C=O) groups is 1. The molecule has 7 nitrogen and oxygen atoms in total. The van der Waals surface area contributed by atoms with Crippen molar-refractivity contribution in [3.8, 4) is 0 Å². The highest BCUT2D eigenvalue weighted by molar-refractivity contribution is 5.78. The molecule has 1 saturated carbocycles. The lowest BCUT2D eigenvalue weighted by atomic mass is 10.1. The quantitative estimate of drug-likeness (QED) is 0.806. The Bertz CT molecular complexity index is 571. The van der Waals surface area contributed by atoms with Gasteiger partial charge in [-0.3, -0.25) is 9.69 Å². The van der Waals surface area contributed by atoms with Crippen molar-refractivity contribution in [2.45, 2.75) is 57.0 Å². The van der Waals surface area contributed by atoms with Crippen LogP contribution in [-0.4, -0.2) is 64.6 Å². The van der Waals surface area contributed by atoms with Crippen LogP contribution in [-0.2, 0) is 11.3 Å². The highest BCUT2D eigenvalue weighted by atomic mass is 16.5. The molecule has 1 aromatic heterocycles. The zero-order valence-electron chi connectivity index (χ0n) is 14.2. The van der Waals surface area contributed by atoms with E-state index in [1.165, 1.54) is 25.7 Å². The molecule has 0 unspecified atom stereocenters.